The van der Waals surface area contributed by atoms with E-state index in [2.05, 4.69) is 55.6 Å². The number of amides is 4. The van der Waals surface area contributed by atoms with Crippen LogP contribution in [0.1, 0.15) is 82.9 Å². The molecular formula is C43H39N3O4. The molecule has 2 aliphatic rings. The van der Waals surface area contributed by atoms with Crippen molar-refractivity contribution in [3.05, 3.63) is 117 Å². The van der Waals surface area contributed by atoms with Crippen molar-refractivity contribution in [1.82, 2.24) is 15.1 Å². The number of fused-ring (bicyclic) bond motifs is 4. The Morgan fingerprint density at radius 1 is 0.480 bits per heavy atom. The summed E-state index contributed by atoms with van der Waals surface area (Å²) in [6.45, 7) is 10.0. The van der Waals surface area contributed by atoms with Crippen LogP contribution in [0.5, 0.6) is 0 Å². The molecule has 50 heavy (non-hydrogen) atoms. The number of imide groups is 2. The number of carbonyl (C=O) groups excluding carboxylic acids is 4. The Kier molecular flexibility index (Phi) is 7.76. The minimum absolute atomic E-state index is 0.224. The van der Waals surface area contributed by atoms with Gasteiger partial charge in [0.25, 0.3) is 23.6 Å². The number of rotatable bonds is 9. The third-order valence-corrected chi connectivity index (χ3v) is 10.7. The van der Waals surface area contributed by atoms with Gasteiger partial charge in [-0.1, -0.05) is 71.8 Å². The van der Waals surface area contributed by atoms with Crippen molar-refractivity contribution in [2.75, 3.05) is 26.2 Å². The lowest BCUT2D eigenvalue weighted by atomic mass is 9.86. The molecule has 6 aromatic rings. The first-order valence-electron chi connectivity index (χ1n) is 17.5. The molecule has 2 aliphatic heterocycles. The number of nitrogens with zero attached hydrogens (tertiary/aromatic N) is 2. The maximum atomic E-state index is 13.8. The predicted molar refractivity (Wildman–Crippen MR) is 199 cm³/mol. The van der Waals surface area contributed by atoms with E-state index in [4.69, 9.17) is 0 Å². The van der Waals surface area contributed by atoms with E-state index in [1.54, 1.807) is 0 Å². The van der Waals surface area contributed by atoms with Crippen LogP contribution in [-0.4, -0.2) is 59.6 Å². The number of benzene rings is 6. The summed E-state index contributed by atoms with van der Waals surface area (Å²) in [6, 6.07) is 24.0. The Morgan fingerprint density at radius 2 is 0.940 bits per heavy atom. The van der Waals surface area contributed by atoms with E-state index < -0.39 is 0 Å². The van der Waals surface area contributed by atoms with Crippen LogP contribution < -0.4 is 5.32 Å². The lowest BCUT2D eigenvalue weighted by Crippen LogP contribution is -2.42. The van der Waals surface area contributed by atoms with Crippen molar-refractivity contribution < 1.29 is 19.2 Å². The minimum Gasteiger partial charge on any atom is -0.317 e. The highest BCUT2D eigenvalue weighted by molar-refractivity contribution is 6.31. The fraction of sp³-hybridized carbons (Fsp3) is 0.256. The van der Waals surface area contributed by atoms with Crippen LogP contribution in [0.4, 0.5) is 0 Å². The number of nitrogens with one attached hydrogen (secondary N) is 1. The molecule has 6 aromatic carbocycles. The van der Waals surface area contributed by atoms with Gasteiger partial charge >= 0.3 is 0 Å². The maximum Gasteiger partial charge on any atom is 0.261 e. The fourth-order valence-corrected chi connectivity index (χ4v) is 8.20. The van der Waals surface area contributed by atoms with E-state index >= 15 is 0 Å². The summed E-state index contributed by atoms with van der Waals surface area (Å²) in [5.74, 6) is -0.937. The smallest absolute Gasteiger partial charge is 0.261 e. The standard InChI is InChI=1S/C43H39N3O4/c1-24-14-16-28-26(3)36-38-30(34(28)22-24)10-7-12-32(38)40(47)45(42(36)49)20-6-5-18-44-19-9-21-46-41(48)33-13-8-11-31-35-23-25(2)15-17-29(35)27(4)37(39(31)33)43(46)50/h7-8,10-17,22-23,44H,5-6,9,18-21H2,1-4H3. The Morgan fingerprint density at radius 3 is 1.44 bits per heavy atom. The molecule has 0 radical (unpaired) electrons. The van der Waals surface area contributed by atoms with E-state index in [0.717, 1.165) is 71.8 Å². The highest BCUT2D eigenvalue weighted by atomic mass is 16.2. The number of hydrogen-bond donors (Lipinski definition) is 1. The van der Waals surface area contributed by atoms with Crippen LogP contribution in [-0.2, 0) is 0 Å². The van der Waals surface area contributed by atoms with Crippen LogP contribution in [0.25, 0.3) is 43.1 Å². The van der Waals surface area contributed by atoms with E-state index in [0.29, 0.717) is 61.3 Å². The van der Waals surface area contributed by atoms with Crippen molar-refractivity contribution >= 4 is 66.7 Å². The van der Waals surface area contributed by atoms with Gasteiger partial charge in [0.1, 0.15) is 0 Å². The van der Waals surface area contributed by atoms with Gasteiger partial charge in [-0.05, 0) is 116 Å². The van der Waals surface area contributed by atoms with Gasteiger partial charge in [-0.2, -0.15) is 0 Å². The van der Waals surface area contributed by atoms with Crippen molar-refractivity contribution in [3.8, 4) is 0 Å². The van der Waals surface area contributed by atoms with Gasteiger partial charge in [0.2, 0.25) is 0 Å². The fourth-order valence-electron chi connectivity index (χ4n) is 8.20. The third kappa shape index (κ3) is 4.83. The van der Waals surface area contributed by atoms with E-state index in [1.165, 1.54) is 9.80 Å². The molecule has 8 rings (SSSR count). The zero-order chi connectivity index (χ0) is 34.8. The molecule has 7 nitrogen and oxygen atoms in total. The lowest BCUT2D eigenvalue weighted by molar-refractivity contribution is 0.0591. The van der Waals surface area contributed by atoms with E-state index in [-0.39, 0.29) is 23.6 Å². The summed E-state index contributed by atoms with van der Waals surface area (Å²) in [6.07, 6.45) is 2.05. The highest BCUT2D eigenvalue weighted by Gasteiger charge is 2.36. The van der Waals surface area contributed by atoms with Crippen LogP contribution >= 0.6 is 0 Å². The van der Waals surface area contributed by atoms with Crippen molar-refractivity contribution in [1.29, 1.82) is 0 Å². The average molecular weight is 662 g/mol. The molecule has 0 aromatic heterocycles. The van der Waals surface area contributed by atoms with Crippen LogP contribution in [0.3, 0.4) is 0 Å². The first-order valence-corrected chi connectivity index (χ1v) is 17.5. The monoisotopic (exact) mass is 661 g/mol. The molecular weight excluding hydrogens is 622 g/mol. The number of unbranched alkanes of at least 4 members (excludes halogenated alkanes) is 1. The van der Waals surface area contributed by atoms with Crippen LogP contribution in [0.15, 0.2) is 72.8 Å². The number of hydrogen-bond acceptors (Lipinski definition) is 5. The lowest BCUT2D eigenvalue weighted by Gasteiger charge is -2.29. The molecule has 0 aliphatic carbocycles. The Labute approximate surface area is 290 Å². The van der Waals surface area contributed by atoms with Gasteiger partial charge in [-0.25, -0.2) is 0 Å². The molecule has 0 fully saturated rings. The van der Waals surface area contributed by atoms with Crippen molar-refractivity contribution in [2.24, 2.45) is 0 Å². The second-order valence-electron chi connectivity index (χ2n) is 13.9. The van der Waals surface area contributed by atoms with Gasteiger partial charge in [0.05, 0.1) is 11.1 Å². The number of carbonyl (C=O) groups is 4. The summed E-state index contributed by atoms with van der Waals surface area (Å²) in [7, 11) is 0. The summed E-state index contributed by atoms with van der Waals surface area (Å²) in [4.78, 5) is 57.6. The Hall–Kier alpha value is -5.40. The van der Waals surface area contributed by atoms with E-state index in [9.17, 15) is 19.2 Å². The highest BCUT2D eigenvalue weighted by Crippen LogP contribution is 2.40. The van der Waals surface area contributed by atoms with Gasteiger partial charge in [-0.3, -0.25) is 29.0 Å². The molecule has 0 bridgehead atoms. The molecule has 0 atom stereocenters. The second-order valence-corrected chi connectivity index (χ2v) is 13.9. The SMILES string of the molecule is Cc1ccc2c(C)c3c4c(cccc4c2c1)C(=O)N(CCCCNCCCN1C(=O)c2cccc4c2c(c(C)c2ccc(C)cc24)C1=O)C3=O. The molecule has 0 saturated heterocycles. The van der Waals surface area contributed by atoms with Crippen LogP contribution in [0, 0.1) is 27.7 Å². The Bertz CT molecular complexity index is 2310. The maximum absolute atomic E-state index is 13.8. The molecule has 4 amide bonds. The van der Waals surface area contributed by atoms with Crippen molar-refractivity contribution in [2.45, 2.75) is 47.0 Å². The summed E-state index contributed by atoms with van der Waals surface area (Å²) in [5.41, 5.74) is 6.51. The van der Waals surface area contributed by atoms with Gasteiger partial charge < -0.3 is 5.32 Å². The molecule has 7 heteroatoms. The van der Waals surface area contributed by atoms with E-state index in [1.807, 2.05) is 50.2 Å². The largest absolute Gasteiger partial charge is 0.317 e. The second kappa shape index (κ2) is 12.2. The topological polar surface area (TPSA) is 86.8 Å². The predicted octanol–water partition coefficient (Wildman–Crippen LogP) is 8.19. The first-order chi connectivity index (χ1) is 24.2. The van der Waals surface area contributed by atoms with Gasteiger partial charge in [0, 0.05) is 35.0 Å². The normalized spacial score (nSPS) is 14.3. The molecule has 1 N–H and O–H groups in total. The molecule has 0 unspecified atom stereocenters. The minimum atomic E-state index is -0.244. The van der Waals surface area contributed by atoms with Gasteiger partial charge in [0.15, 0.2) is 0 Å². The molecule has 0 saturated carbocycles. The summed E-state index contributed by atoms with van der Waals surface area (Å²) < 4.78 is 0. The average Bonchev–Trinajstić information content (AvgIpc) is 3.10. The zero-order valence-corrected chi connectivity index (χ0v) is 28.9. The molecule has 2 heterocycles. The number of aryl methyl sites for hydroxylation is 4. The summed E-state index contributed by atoms with van der Waals surface area (Å²) >= 11 is 0. The molecule has 250 valence electrons. The van der Waals surface area contributed by atoms with Gasteiger partial charge in [-0.15, -0.1) is 0 Å². The Balaban J connectivity index is 0.892. The molecule has 0 spiro atoms. The van der Waals surface area contributed by atoms with Crippen LogP contribution in [0.2, 0.25) is 0 Å². The summed E-state index contributed by atoms with van der Waals surface area (Å²) in [5, 5.41) is 11.0. The van der Waals surface area contributed by atoms with Crippen molar-refractivity contribution in [3.63, 3.8) is 0 Å². The zero-order valence-electron chi connectivity index (χ0n) is 28.9. The first kappa shape index (κ1) is 31.8. The third-order valence-electron chi connectivity index (χ3n) is 10.7. The quantitative estimate of drug-likeness (QED) is 0.0960.